The van der Waals surface area contributed by atoms with E-state index >= 15 is 0 Å². The van der Waals surface area contributed by atoms with Crippen LogP contribution >= 0.6 is 0 Å². The lowest BCUT2D eigenvalue weighted by Gasteiger charge is -2.13. The van der Waals surface area contributed by atoms with Gasteiger partial charge in [-0.3, -0.25) is 0 Å². The zero-order valence-electron chi connectivity index (χ0n) is 17.6. The van der Waals surface area contributed by atoms with Crippen LogP contribution in [0.4, 0.5) is 0 Å². The molecule has 0 aliphatic rings. The van der Waals surface area contributed by atoms with Crippen molar-refractivity contribution in [2.75, 3.05) is 0 Å². The van der Waals surface area contributed by atoms with Crippen LogP contribution in [0.5, 0.6) is 0 Å². The predicted molar refractivity (Wildman–Crippen MR) is 126 cm³/mol. The first-order valence-electron chi connectivity index (χ1n) is 10.5. The molecule has 0 fully saturated rings. The summed E-state index contributed by atoms with van der Waals surface area (Å²) in [4.78, 5) is 4.71. The zero-order chi connectivity index (χ0) is 21.9. The molecule has 5 aromatic rings. The van der Waals surface area contributed by atoms with Crippen molar-refractivity contribution in [3.05, 3.63) is 120 Å². The van der Waals surface area contributed by atoms with Crippen molar-refractivity contribution in [3.63, 3.8) is 0 Å². The van der Waals surface area contributed by atoms with E-state index in [0.717, 1.165) is 27.9 Å². The number of benzene rings is 3. The van der Waals surface area contributed by atoms with E-state index < -0.39 is 6.10 Å². The quantitative estimate of drug-likeness (QED) is 0.356. The molecule has 5 rings (SSSR count). The van der Waals surface area contributed by atoms with Crippen LogP contribution in [0.15, 0.2) is 108 Å². The highest BCUT2D eigenvalue weighted by atomic mass is 16.5. The van der Waals surface area contributed by atoms with Crippen LogP contribution < -0.4 is 0 Å². The normalized spacial score (nSPS) is 11.9. The van der Waals surface area contributed by atoms with E-state index in [9.17, 15) is 5.11 Å². The van der Waals surface area contributed by atoms with Gasteiger partial charge in [0.05, 0.1) is 22.6 Å². The molecule has 2 heterocycles. The lowest BCUT2D eigenvalue weighted by atomic mass is 9.97. The Bertz CT molecular complexity index is 1330. The van der Waals surface area contributed by atoms with Gasteiger partial charge in [0.25, 0.3) is 0 Å². The fourth-order valence-electron chi connectivity index (χ4n) is 3.87. The Morgan fingerprint density at radius 3 is 1.94 bits per heavy atom. The second-order valence-corrected chi connectivity index (χ2v) is 7.67. The minimum atomic E-state index is -0.950. The number of aromatic nitrogens is 2. The van der Waals surface area contributed by atoms with E-state index in [2.05, 4.69) is 17.3 Å². The van der Waals surface area contributed by atoms with Crippen LogP contribution in [0.3, 0.4) is 0 Å². The Kier molecular flexibility index (Phi) is 5.36. The van der Waals surface area contributed by atoms with E-state index in [1.165, 1.54) is 0 Å². The summed E-state index contributed by atoms with van der Waals surface area (Å²) in [5, 5.41) is 15.4. The molecule has 0 radical (unpaired) electrons. The van der Waals surface area contributed by atoms with Gasteiger partial charge >= 0.3 is 0 Å². The van der Waals surface area contributed by atoms with Crippen molar-refractivity contribution in [3.8, 4) is 33.7 Å². The Labute approximate surface area is 186 Å². The summed E-state index contributed by atoms with van der Waals surface area (Å²) in [6.45, 7) is 1.84. The van der Waals surface area contributed by atoms with Crippen molar-refractivity contribution in [1.29, 1.82) is 0 Å². The number of pyridine rings is 1. The van der Waals surface area contributed by atoms with Crippen molar-refractivity contribution < 1.29 is 9.63 Å². The lowest BCUT2D eigenvalue weighted by Crippen LogP contribution is -2.05. The van der Waals surface area contributed by atoms with Crippen molar-refractivity contribution in [1.82, 2.24) is 10.1 Å². The third kappa shape index (κ3) is 3.84. The third-order valence-electron chi connectivity index (χ3n) is 5.56. The number of aliphatic hydroxyl groups is 1. The van der Waals surface area contributed by atoms with Crippen LogP contribution in [-0.2, 0) is 0 Å². The number of aliphatic hydroxyl groups excluding tert-OH is 1. The van der Waals surface area contributed by atoms with Crippen LogP contribution in [0.25, 0.3) is 33.7 Å². The highest BCUT2D eigenvalue weighted by molar-refractivity contribution is 5.70. The SMILES string of the molecule is Cc1noc(-c2ccc(-c3ccccc3)cc2)c1C(O)c1cccc(-c2ccccc2)n1. The zero-order valence-corrected chi connectivity index (χ0v) is 17.6. The van der Waals surface area contributed by atoms with Gasteiger partial charge in [-0.1, -0.05) is 96.2 Å². The molecule has 4 heteroatoms. The molecule has 1 atom stereocenters. The second kappa shape index (κ2) is 8.61. The maximum atomic E-state index is 11.2. The molecule has 156 valence electrons. The molecule has 0 bridgehead atoms. The van der Waals surface area contributed by atoms with E-state index in [1.54, 1.807) is 0 Å². The molecule has 1 unspecified atom stereocenters. The largest absolute Gasteiger partial charge is 0.382 e. The lowest BCUT2D eigenvalue weighted by molar-refractivity contribution is 0.214. The number of hydrogen-bond acceptors (Lipinski definition) is 4. The molecule has 0 spiro atoms. The van der Waals surface area contributed by atoms with Crippen molar-refractivity contribution >= 4 is 0 Å². The summed E-state index contributed by atoms with van der Waals surface area (Å²) in [5.74, 6) is 0.557. The Morgan fingerprint density at radius 2 is 1.25 bits per heavy atom. The summed E-state index contributed by atoms with van der Waals surface area (Å²) in [7, 11) is 0. The number of hydrogen-bond donors (Lipinski definition) is 1. The molecule has 2 aromatic heterocycles. The van der Waals surface area contributed by atoms with Crippen LogP contribution in [0.1, 0.15) is 23.1 Å². The number of rotatable bonds is 5. The average Bonchev–Trinajstić information content (AvgIpc) is 3.26. The van der Waals surface area contributed by atoms with Gasteiger partial charge < -0.3 is 9.63 Å². The molecule has 0 aliphatic heterocycles. The van der Waals surface area contributed by atoms with E-state index in [-0.39, 0.29) is 0 Å². The van der Waals surface area contributed by atoms with Gasteiger partial charge in [-0.05, 0) is 30.2 Å². The maximum absolute atomic E-state index is 11.2. The molecule has 1 N–H and O–H groups in total. The van der Waals surface area contributed by atoms with E-state index in [0.29, 0.717) is 22.7 Å². The summed E-state index contributed by atoms with van der Waals surface area (Å²) in [5.41, 5.74) is 6.77. The van der Waals surface area contributed by atoms with E-state index in [1.807, 2.05) is 97.9 Å². The highest BCUT2D eigenvalue weighted by Crippen LogP contribution is 2.35. The van der Waals surface area contributed by atoms with Crippen LogP contribution in [0, 0.1) is 6.92 Å². The van der Waals surface area contributed by atoms with Gasteiger partial charge in [-0.25, -0.2) is 4.98 Å². The van der Waals surface area contributed by atoms with E-state index in [4.69, 9.17) is 9.51 Å². The van der Waals surface area contributed by atoms with Crippen LogP contribution in [-0.4, -0.2) is 15.2 Å². The summed E-state index contributed by atoms with van der Waals surface area (Å²) < 4.78 is 5.65. The Hall–Kier alpha value is -4.02. The summed E-state index contributed by atoms with van der Waals surface area (Å²) >= 11 is 0. The molecule has 0 saturated carbocycles. The molecule has 0 saturated heterocycles. The van der Waals surface area contributed by atoms with Crippen molar-refractivity contribution in [2.45, 2.75) is 13.0 Å². The fourth-order valence-corrected chi connectivity index (χ4v) is 3.87. The molecule has 4 nitrogen and oxygen atoms in total. The Morgan fingerprint density at radius 1 is 0.656 bits per heavy atom. The Balaban J connectivity index is 1.49. The summed E-state index contributed by atoms with van der Waals surface area (Å²) in [6.07, 6.45) is -0.950. The van der Waals surface area contributed by atoms with Crippen molar-refractivity contribution in [2.24, 2.45) is 0 Å². The average molecular weight is 418 g/mol. The minimum Gasteiger partial charge on any atom is -0.382 e. The second-order valence-electron chi connectivity index (χ2n) is 7.67. The molecule has 0 aliphatic carbocycles. The first kappa shape index (κ1) is 19.9. The summed E-state index contributed by atoms with van der Waals surface area (Å²) in [6, 6.07) is 33.9. The molecular formula is C28H22N2O2. The van der Waals surface area contributed by atoms with Gasteiger partial charge in [0, 0.05) is 11.1 Å². The van der Waals surface area contributed by atoms with Gasteiger partial charge in [0.1, 0.15) is 6.10 Å². The molecular weight excluding hydrogens is 396 g/mol. The first-order chi connectivity index (χ1) is 15.7. The minimum absolute atomic E-state index is 0.555. The molecule has 0 amide bonds. The van der Waals surface area contributed by atoms with Gasteiger partial charge in [-0.15, -0.1) is 0 Å². The highest BCUT2D eigenvalue weighted by Gasteiger charge is 2.24. The van der Waals surface area contributed by atoms with Gasteiger partial charge in [0.15, 0.2) is 5.76 Å². The maximum Gasteiger partial charge on any atom is 0.173 e. The standard InChI is InChI=1S/C28H22N2O2/c1-19-26(27(31)25-14-8-13-24(29-25)22-11-6-3-7-12-22)28(32-30-19)23-17-15-21(16-18-23)20-9-4-2-5-10-20/h2-18,27,31H,1H3. The predicted octanol–water partition coefficient (Wildman–Crippen LogP) is 6.46. The number of nitrogens with zero attached hydrogens (tertiary/aromatic N) is 2. The fraction of sp³-hybridized carbons (Fsp3) is 0.0714. The molecule has 32 heavy (non-hydrogen) atoms. The first-order valence-corrected chi connectivity index (χ1v) is 10.5. The smallest absolute Gasteiger partial charge is 0.173 e. The third-order valence-corrected chi connectivity index (χ3v) is 5.56. The monoisotopic (exact) mass is 418 g/mol. The van der Waals surface area contributed by atoms with Gasteiger partial charge in [-0.2, -0.15) is 0 Å². The van der Waals surface area contributed by atoms with Crippen LogP contribution in [0.2, 0.25) is 0 Å². The topological polar surface area (TPSA) is 59.2 Å². The van der Waals surface area contributed by atoms with Gasteiger partial charge in [0.2, 0.25) is 0 Å². The number of aryl methyl sites for hydroxylation is 1. The molecule has 3 aromatic carbocycles.